The van der Waals surface area contributed by atoms with Crippen LogP contribution in [0.15, 0.2) is 54.6 Å². The van der Waals surface area contributed by atoms with Crippen molar-refractivity contribution in [2.75, 3.05) is 13.7 Å². The number of halogens is 1. The van der Waals surface area contributed by atoms with Crippen LogP contribution in [0.3, 0.4) is 0 Å². The van der Waals surface area contributed by atoms with Crippen LogP contribution in [0.2, 0.25) is 0 Å². The molecule has 5 nitrogen and oxygen atoms in total. The van der Waals surface area contributed by atoms with Crippen molar-refractivity contribution in [2.24, 2.45) is 0 Å². The van der Waals surface area contributed by atoms with Gasteiger partial charge in [-0.2, -0.15) is 0 Å². The Labute approximate surface area is 146 Å². The van der Waals surface area contributed by atoms with Gasteiger partial charge in [0.2, 0.25) is 0 Å². The molecule has 130 valence electrons. The number of rotatable bonds is 5. The summed E-state index contributed by atoms with van der Waals surface area (Å²) < 4.78 is 13.3. The highest BCUT2D eigenvalue weighted by atomic mass is 19.1. The number of imide groups is 1. The molecule has 1 aliphatic rings. The lowest BCUT2D eigenvalue weighted by atomic mass is 9.92. The van der Waals surface area contributed by atoms with Crippen molar-refractivity contribution in [1.82, 2.24) is 15.1 Å². The molecule has 1 heterocycles. The van der Waals surface area contributed by atoms with E-state index in [2.05, 4.69) is 5.32 Å². The molecule has 3 rings (SSSR count). The highest BCUT2D eigenvalue weighted by Gasteiger charge is 2.49. The summed E-state index contributed by atoms with van der Waals surface area (Å²) in [4.78, 5) is 28.1. The zero-order valence-electron chi connectivity index (χ0n) is 14.2. The minimum atomic E-state index is -1.07. The first-order valence-corrected chi connectivity index (χ1v) is 8.03. The second-order valence-corrected chi connectivity index (χ2v) is 6.44. The van der Waals surface area contributed by atoms with Crippen LogP contribution >= 0.6 is 0 Å². The zero-order valence-corrected chi connectivity index (χ0v) is 14.2. The van der Waals surface area contributed by atoms with E-state index >= 15 is 0 Å². The smallest absolute Gasteiger partial charge is 0.319 e. The molecule has 2 aromatic carbocycles. The Bertz CT molecular complexity index is 796. The predicted molar refractivity (Wildman–Crippen MR) is 91.9 cm³/mol. The van der Waals surface area contributed by atoms with E-state index in [1.54, 1.807) is 31.0 Å². The molecule has 1 fully saturated rings. The Morgan fingerprint density at radius 3 is 2.52 bits per heavy atom. The van der Waals surface area contributed by atoms with Crippen molar-refractivity contribution in [3.8, 4) is 0 Å². The van der Waals surface area contributed by atoms with E-state index in [0.717, 1.165) is 11.1 Å². The van der Waals surface area contributed by atoms with Crippen LogP contribution in [0.1, 0.15) is 18.1 Å². The van der Waals surface area contributed by atoms with Gasteiger partial charge >= 0.3 is 6.03 Å². The van der Waals surface area contributed by atoms with Crippen LogP contribution in [0.5, 0.6) is 0 Å². The van der Waals surface area contributed by atoms with Crippen LogP contribution < -0.4 is 5.32 Å². The van der Waals surface area contributed by atoms with E-state index in [0.29, 0.717) is 6.54 Å². The molecule has 0 unspecified atom stereocenters. The summed E-state index contributed by atoms with van der Waals surface area (Å²) in [6.45, 7) is 2.26. The maximum absolute atomic E-state index is 13.3. The van der Waals surface area contributed by atoms with Crippen LogP contribution in [-0.4, -0.2) is 35.5 Å². The first-order chi connectivity index (χ1) is 11.9. The molecule has 2 aromatic rings. The van der Waals surface area contributed by atoms with Gasteiger partial charge < -0.3 is 5.32 Å². The van der Waals surface area contributed by atoms with Gasteiger partial charge in [0.15, 0.2) is 0 Å². The summed E-state index contributed by atoms with van der Waals surface area (Å²) in [5.74, 6) is -0.604. The van der Waals surface area contributed by atoms with E-state index in [-0.39, 0.29) is 18.4 Å². The second-order valence-electron chi connectivity index (χ2n) is 6.44. The van der Waals surface area contributed by atoms with Crippen molar-refractivity contribution < 1.29 is 14.0 Å². The van der Waals surface area contributed by atoms with Gasteiger partial charge in [0.25, 0.3) is 5.91 Å². The molecule has 0 bridgehead atoms. The number of carbonyl (C=O) groups excluding carboxylic acids is 2. The standard InChI is InChI=1S/C19H20FN3O2/c1-19(15-8-4-3-5-9-15)17(24)23(18(25)21-19)13-22(2)12-14-7-6-10-16(20)11-14/h3-11H,12-13H2,1-2H3,(H,21,25)/t19-/m0/s1. The van der Waals surface area contributed by atoms with Crippen molar-refractivity contribution >= 4 is 11.9 Å². The van der Waals surface area contributed by atoms with Crippen LogP contribution in [0, 0.1) is 5.82 Å². The largest absolute Gasteiger partial charge is 0.326 e. The Morgan fingerprint density at radius 1 is 1.12 bits per heavy atom. The normalized spacial score (nSPS) is 20.2. The quantitative estimate of drug-likeness (QED) is 0.851. The average molecular weight is 341 g/mol. The SMILES string of the molecule is CN(Cc1cccc(F)c1)CN1C(=O)N[C@@](C)(c2ccccc2)C1=O. The minimum Gasteiger partial charge on any atom is -0.319 e. The second kappa shape index (κ2) is 6.64. The van der Waals surface area contributed by atoms with Crippen molar-refractivity contribution in [3.63, 3.8) is 0 Å². The summed E-state index contributed by atoms with van der Waals surface area (Å²) in [5.41, 5.74) is 0.446. The molecule has 1 aliphatic heterocycles. The van der Waals surface area contributed by atoms with Crippen molar-refractivity contribution in [1.29, 1.82) is 0 Å². The van der Waals surface area contributed by atoms with Crippen LogP contribution in [-0.2, 0) is 16.9 Å². The summed E-state index contributed by atoms with van der Waals surface area (Å²) in [6.07, 6.45) is 0. The van der Waals surface area contributed by atoms with Crippen LogP contribution in [0.25, 0.3) is 0 Å². The lowest BCUT2D eigenvalue weighted by Gasteiger charge is -2.24. The first-order valence-electron chi connectivity index (χ1n) is 8.03. The van der Waals surface area contributed by atoms with Crippen molar-refractivity contribution in [3.05, 3.63) is 71.5 Å². The fourth-order valence-electron chi connectivity index (χ4n) is 3.03. The molecule has 6 heteroatoms. The molecular formula is C19H20FN3O2. The molecule has 0 aliphatic carbocycles. The first kappa shape index (κ1) is 17.1. The number of carbonyl (C=O) groups is 2. The maximum atomic E-state index is 13.3. The molecule has 0 radical (unpaired) electrons. The lowest BCUT2D eigenvalue weighted by molar-refractivity contribution is -0.132. The zero-order chi connectivity index (χ0) is 18.0. The lowest BCUT2D eigenvalue weighted by Crippen LogP contribution is -2.42. The minimum absolute atomic E-state index is 0.129. The third-order valence-electron chi connectivity index (χ3n) is 4.35. The third kappa shape index (κ3) is 3.39. The number of urea groups is 1. The third-order valence-corrected chi connectivity index (χ3v) is 4.35. The Kier molecular flexibility index (Phi) is 4.55. The Balaban J connectivity index is 1.72. The molecular weight excluding hydrogens is 321 g/mol. The van der Waals surface area contributed by atoms with Gasteiger partial charge in [-0.25, -0.2) is 14.1 Å². The molecule has 0 aromatic heterocycles. The highest BCUT2D eigenvalue weighted by molar-refractivity contribution is 6.07. The number of nitrogens with one attached hydrogen (secondary N) is 1. The van der Waals surface area contributed by atoms with E-state index in [4.69, 9.17) is 0 Å². The number of amides is 3. The summed E-state index contributed by atoms with van der Waals surface area (Å²) in [6, 6.07) is 15.0. The summed E-state index contributed by atoms with van der Waals surface area (Å²) >= 11 is 0. The van der Waals surface area contributed by atoms with E-state index in [9.17, 15) is 14.0 Å². The Hall–Kier alpha value is -2.73. The number of nitrogens with zero attached hydrogens (tertiary/aromatic N) is 2. The summed E-state index contributed by atoms with van der Waals surface area (Å²) in [7, 11) is 1.78. The van der Waals surface area contributed by atoms with Gasteiger partial charge in [0.05, 0.1) is 6.67 Å². The molecule has 1 saturated heterocycles. The van der Waals surface area contributed by atoms with Gasteiger partial charge in [0.1, 0.15) is 11.4 Å². The average Bonchev–Trinajstić information content (AvgIpc) is 2.80. The predicted octanol–water partition coefficient (Wildman–Crippen LogP) is 2.68. The van der Waals surface area contributed by atoms with Gasteiger partial charge in [0, 0.05) is 6.54 Å². The summed E-state index contributed by atoms with van der Waals surface area (Å²) in [5, 5.41) is 2.78. The number of hydrogen-bond donors (Lipinski definition) is 1. The van der Waals surface area contributed by atoms with Gasteiger partial charge in [-0.3, -0.25) is 9.69 Å². The van der Waals surface area contributed by atoms with Gasteiger partial charge in [-0.05, 0) is 37.2 Å². The van der Waals surface area contributed by atoms with Gasteiger partial charge in [-0.15, -0.1) is 0 Å². The fourth-order valence-corrected chi connectivity index (χ4v) is 3.03. The topological polar surface area (TPSA) is 52.6 Å². The molecule has 0 spiro atoms. The molecule has 0 saturated carbocycles. The van der Waals surface area contributed by atoms with E-state index in [1.807, 2.05) is 30.3 Å². The maximum Gasteiger partial charge on any atom is 0.326 e. The number of hydrogen-bond acceptors (Lipinski definition) is 3. The Morgan fingerprint density at radius 2 is 1.84 bits per heavy atom. The van der Waals surface area contributed by atoms with Crippen molar-refractivity contribution in [2.45, 2.75) is 19.0 Å². The highest BCUT2D eigenvalue weighted by Crippen LogP contribution is 2.28. The number of benzene rings is 2. The van der Waals surface area contributed by atoms with Gasteiger partial charge in [-0.1, -0.05) is 42.5 Å². The monoisotopic (exact) mass is 341 g/mol. The van der Waals surface area contributed by atoms with E-state index in [1.165, 1.54) is 17.0 Å². The molecule has 3 amide bonds. The molecule has 1 N–H and O–H groups in total. The molecule has 25 heavy (non-hydrogen) atoms. The fraction of sp³-hybridized carbons (Fsp3) is 0.263. The van der Waals surface area contributed by atoms with Crippen LogP contribution in [0.4, 0.5) is 9.18 Å². The molecule has 1 atom stereocenters. The van der Waals surface area contributed by atoms with E-state index < -0.39 is 11.6 Å².